The van der Waals surface area contributed by atoms with Gasteiger partial charge in [-0.3, -0.25) is 4.79 Å². The Balaban J connectivity index is 2.28. The summed E-state index contributed by atoms with van der Waals surface area (Å²) in [7, 11) is 0. The van der Waals surface area contributed by atoms with Gasteiger partial charge in [0.05, 0.1) is 12.1 Å². The van der Waals surface area contributed by atoms with Crippen molar-refractivity contribution < 1.29 is 9.53 Å². The minimum absolute atomic E-state index is 0.105. The predicted molar refractivity (Wildman–Crippen MR) is 81.6 cm³/mol. The summed E-state index contributed by atoms with van der Waals surface area (Å²) in [4.78, 5) is 11.9. The molecule has 1 rings (SSSR count). The van der Waals surface area contributed by atoms with E-state index < -0.39 is 0 Å². The van der Waals surface area contributed by atoms with Gasteiger partial charge in [-0.2, -0.15) is 11.8 Å². The average Bonchev–Trinajstić information content (AvgIpc) is 2.37. The first-order valence-electron chi connectivity index (χ1n) is 7.32. The van der Waals surface area contributed by atoms with E-state index in [1.807, 2.05) is 25.6 Å². The van der Waals surface area contributed by atoms with Gasteiger partial charge < -0.3 is 15.4 Å². The molecule has 0 bridgehead atoms. The zero-order valence-electron chi connectivity index (χ0n) is 12.6. The fraction of sp³-hybridized carbons (Fsp3) is 0.929. The summed E-state index contributed by atoms with van der Waals surface area (Å²) >= 11 is 1.82. The lowest BCUT2D eigenvalue weighted by Gasteiger charge is -2.44. The van der Waals surface area contributed by atoms with Crippen molar-refractivity contribution in [2.24, 2.45) is 0 Å². The second kappa shape index (κ2) is 8.82. The van der Waals surface area contributed by atoms with Crippen molar-refractivity contribution in [1.82, 2.24) is 10.6 Å². The van der Waals surface area contributed by atoms with Crippen LogP contribution in [0.5, 0.6) is 0 Å². The summed E-state index contributed by atoms with van der Waals surface area (Å²) in [6.07, 6.45) is 5.60. The molecule has 1 amide bonds. The Hall–Kier alpha value is -0.260. The molecule has 0 radical (unpaired) electrons. The van der Waals surface area contributed by atoms with Crippen LogP contribution in [0.1, 0.15) is 40.0 Å². The fourth-order valence-electron chi connectivity index (χ4n) is 2.38. The number of unbranched alkanes of at least 4 members (excludes halogenated alkanes) is 1. The van der Waals surface area contributed by atoms with Gasteiger partial charge in [-0.15, -0.1) is 0 Å². The maximum Gasteiger partial charge on any atom is 0.236 e. The summed E-state index contributed by atoms with van der Waals surface area (Å²) in [6, 6.07) is 0.262. The summed E-state index contributed by atoms with van der Waals surface area (Å²) in [5, 5.41) is 6.85. The van der Waals surface area contributed by atoms with E-state index in [0.717, 1.165) is 32.4 Å². The highest BCUT2D eigenvalue weighted by molar-refractivity contribution is 7.99. The molecule has 1 saturated carbocycles. The largest absolute Gasteiger partial charge is 0.377 e. The summed E-state index contributed by atoms with van der Waals surface area (Å²) < 4.78 is 5.67. The maximum absolute atomic E-state index is 11.9. The summed E-state index contributed by atoms with van der Waals surface area (Å²) in [5.74, 6) is 0.105. The van der Waals surface area contributed by atoms with Crippen molar-refractivity contribution >= 4 is 17.7 Å². The first-order chi connectivity index (χ1) is 9.13. The normalized spacial score (nSPS) is 27.7. The topological polar surface area (TPSA) is 50.4 Å². The zero-order chi connectivity index (χ0) is 14.3. The first kappa shape index (κ1) is 16.8. The molecule has 1 unspecified atom stereocenters. The molecule has 2 N–H and O–H groups in total. The lowest BCUT2D eigenvalue weighted by atomic mass is 9.87. The van der Waals surface area contributed by atoms with E-state index in [4.69, 9.17) is 4.74 Å². The zero-order valence-corrected chi connectivity index (χ0v) is 13.4. The van der Waals surface area contributed by atoms with Gasteiger partial charge in [0.2, 0.25) is 5.91 Å². The Kier molecular flexibility index (Phi) is 7.80. The van der Waals surface area contributed by atoms with Crippen molar-refractivity contribution in [3.63, 3.8) is 0 Å². The smallest absolute Gasteiger partial charge is 0.236 e. The van der Waals surface area contributed by atoms with Crippen LogP contribution in [0.3, 0.4) is 0 Å². The van der Waals surface area contributed by atoms with Crippen molar-refractivity contribution in [2.75, 3.05) is 19.4 Å². The highest BCUT2D eigenvalue weighted by Gasteiger charge is 2.42. The molecular formula is C14H28N2O2S. The molecule has 0 aromatic heterocycles. The molecule has 19 heavy (non-hydrogen) atoms. The fourth-order valence-corrected chi connectivity index (χ4v) is 3.39. The number of carbonyl (C=O) groups is 1. The molecule has 112 valence electrons. The molecule has 0 saturated heterocycles. The van der Waals surface area contributed by atoms with Gasteiger partial charge in [-0.1, -0.05) is 13.3 Å². The quantitative estimate of drug-likeness (QED) is 0.635. The summed E-state index contributed by atoms with van der Waals surface area (Å²) in [5.41, 5.74) is 0. The second-order valence-corrected chi connectivity index (χ2v) is 6.08. The van der Waals surface area contributed by atoms with Crippen molar-refractivity contribution in [1.29, 1.82) is 0 Å². The summed E-state index contributed by atoms with van der Waals surface area (Å²) in [6.45, 7) is 7.63. The molecular weight excluding hydrogens is 260 g/mol. The van der Waals surface area contributed by atoms with Gasteiger partial charge in [0.25, 0.3) is 0 Å². The van der Waals surface area contributed by atoms with Crippen molar-refractivity contribution in [3.8, 4) is 0 Å². The maximum atomic E-state index is 11.9. The highest BCUT2D eigenvalue weighted by Crippen LogP contribution is 2.33. The number of hydrogen-bond acceptors (Lipinski definition) is 4. The van der Waals surface area contributed by atoms with E-state index in [1.165, 1.54) is 0 Å². The molecule has 0 aromatic carbocycles. The molecule has 5 heteroatoms. The van der Waals surface area contributed by atoms with E-state index in [0.29, 0.717) is 17.4 Å². The first-order valence-corrected chi connectivity index (χ1v) is 8.60. The molecule has 1 aliphatic carbocycles. The second-order valence-electron chi connectivity index (χ2n) is 5.07. The van der Waals surface area contributed by atoms with Gasteiger partial charge in [-0.25, -0.2) is 0 Å². The van der Waals surface area contributed by atoms with Gasteiger partial charge in [-0.05, 0) is 32.9 Å². The number of hydrogen-bond donors (Lipinski definition) is 2. The Bertz CT molecular complexity index is 276. The van der Waals surface area contributed by atoms with E-state index >= 15 is 0 Å². The standard InChI is InChI=1S/C14H28N2O2S/c1-5-7-8-15-14(17)10(3)16-11-9-12(18-6-2)13(11)19-4/h10-13,16H,5-9H2,1-4H3,(H,15,17)/t10?,11-,12-,13+/m1/s1. The van der Waals surface area contributed by atoms with Crippen LogP contribution in [0.2, 0.25) is 0 Å². The van der Waals surface area contributed by atoms with Crippen LogP contribution in [-0.2, 0) is 9.53 Å². The highest BCUT2D eigenvalue weighted by atomic mass is 32.2. The molecule has 0 spiro atoms. The van der Waals surface area contributed by atoms with Crippen LogP contribution in [0.25, 0.3) is 0 Å². The lowest BCUT2D eigenvalue weighted by molar-refractivity contribution is -0.123. The molecule has 0 aromatic rings. The van der Waals surface area contributed by atoms with E-state index in [1.54, 1.807) is 0 Å². The molecule has 0 heterocycles. The minimum Gasteiger partial charge on any atom is -0.377 e. The van der Waals surface area contributed by atoms with Crippen LogP contribution < -0.4 is 10.6 Å². The van der Waals surface area contributed by atoms with E-state index in [2.05, 4.69) is 23.8 Å². The van der Waals surface area contributed by atoms with Gasteiger partial charge >= 0.3 is 0 Å². The van der Waals surface area contributed by atoms with Crippen LogP contribution in [0, 0.1) is 0 Å². The van der Waals surface area contributed by atoms with Crippen LogP contribution >= 0.6 is 11.8 Å². The number of amides is 1. The Morgan fingerprint density at radius 3 is 2.79 bits per heavy atom. The number of nitrogens with one attached hydrogen (secondary N) is 2. The van der Waals surface area contributed by atoms with E-state index in [9.17, 15) is 4.79 Å². The molecule has 0 aliphatic heterocycles. The van der Waals surface area contributed by atoms with Gasteiger partial charge in [0, 0.05) is 24.4 Å². The third-order valence-corrected chi connectivity index (χ3v) is 4.77. The van der Waals surface area contributed by atoms with Gasteiger partial charge in [0.1, 0.15) is 0 Å². The molecule has 4 nitrogen and oxygen atoms in total. The van der Waals surface area contributed by atoms with Crippen LogP contribution in [-0.4, -0.2) is 48.8 Å². The van der Waals surface area contributed by atoms with Crippen molar-refractivity contribution in [3.05, 3.63) is 0 Å². The Morgan fingerprint density at radius 1 is 1.47 bits per heavy atom. The number of carbonyl (C=O) groups excluding carboxylic acids is 1. The van der Waals surface area contributed by atoms with Crippen LogP contribution in [0.4, 0.5) is 0 Å². The monoisotopic (exact) mass is 288 g/mol. The number of rotatable bonds is 9. The molecule has 1 fully saturated rings. The third-order valence-electron chi connectivity index (χ3n) is 3.59. The average molecular weight is 288 g/mol. The van der Waals surface area contributed by atoms with Crippen LogP contribution in [0.15, 0.2) is 0 Å². The lowest BCUT2D eigenvalue weighted by Crippen LogP contribution is -2.61. The third kappa shape index (κ3) is 4.97. The molecule has 4 atom stereocenters. The Morgan fingerprint density at radius 2 is 2.21 bits per heavy atom. The minimum atomic E-state index is -0.126. The van der Waals surface area contributed by atoms with Crippen molar-refractivity contribution in [2.45, 2.75) is 63.5 Å². The number of thioether (sulfide) groups is 1. The van der Waals surface area contributed by atoms with E-state index in [-0.39, 0.29) is 11.9 Å². The Labute approximate surface area is 121 Å². The predicted octanol–water partition coefficient (Wildman–Crippen LogP) is 1.79. The number of ether oxygens (including phenoxy) is 1. The molecule has 1 aliphatic rings. The SMILES string of the molecule is CCCCNC(=O)C(C)N[C@@H]1C[C@@H](OCC)[C@H]1SC. The van der Waals surface area contributed by atoms with Gasteiger partial charge in [0.15, 0.2) is 0 Å².